The third kappa shape index (κ3) is 3.12. The predicted molar refractivity (Wildman–Crippen MR) is 97.9 cm³/mol. The van der Waals surface area contributed by atoms with Gasteiger partial charge in [-0.3, -0.25) is 9.69 Å². The number of hydrogen-bond acceptors (Lipinski definition) is 4. The third-order valence-electron chi connectivity index (χ3n) is 5.75. The van der Waals surface area contributed by atoms with E-state index in [1.54, 1.807) is 0 Å². The Hall–Kier alpha value is -1.92. The van der Waals surface area contributed by atoms with Crippen LogP contribution in [0.2, 0.25) is 5.02 Å². The van der Waals surface area contributed by atoms with Crippen LogP contribution in [0.25, 0.3) is 0 Å². The number of halogens is 1. The summed E-state index contributed by atoms with van der Waals surface area (Å²) in [5.41, 5.74) is 1.25. The van der Waals surface area contributed by atoms with Crippen molar-refractivity contribution in [2.24, 2.45) is 11.8 Å². The van der Waals surface area contributed by atoms with Crippen molar-refractivity contribution in [3.05, 3.63) is 46.5 Å². The molecule has 0 bridgehead atoms. The van der Waals surface area contributed by atoms with Crippen molar-refractivity contribution < 1.29 is 4.79 Å². The molecule has 1 amide bonds. The van der Waals surface area contributed by atoms with Crippen molar-refractivity contribution in [3.63, 3.8) is 0 Å². The van der Waals surface area contributed by atoms with E-state index in [9.17, 15) is 4.79 Å². The van der Waals surface area contributed by atoms with Gasteiger partial charge in [-0.05, 0) is 42.4 Å². The number of carbonyl (C=O) groups excluding carboxylic acids is 1. The van der Waals surface area contributed by atoms with Crippen molar-refractivity contribution in [2.45, 2.75) is 38.4 Å². The van der Waals surface area contributed by atoms with Gasteiger partial charge in [-0.2, -0.15) is 0 Å². The van der Waals surface area contributed by atoms with Crippen LogP contribution in [0.15, 0.2) is 24.3 Å². The first-order valence-corrected chi connectivity index (χ1v) is 9.73. The molecular weight excluding hydrogens is 350 g/mol. The second kappa shape index (κ2) is 6.35. The van der Waals surface area contributed by atoms with Gasteiger partial charge in [0.2, 0.25) is 5.82 Å². The van der Waals surface area contributed by atoms with Crippen LogP contribution in [0.1, 0.15) is 34.8 Å². The van der Waals surface area contributed by atoms with E-state index >= 15 is 0 Å². The maximum absolute atomic E-state index is 12.4. The van der Waals surface area contributed by atoms with Crippen LogP contribution in [0, 0.1) is 11.8 Å². The highest BCUT2D eigenvalue weighted by atomic mass is 35.5. The highest BCUT2D eigenvalue weighted by Gasteiger charge is 2.39. The maximum atomic E-state index is 12.4. The first-order valence-electron chi connectivity index (χ1n) is 9.35. The van der Waals surface area contributed by atoms with Crippen molar-refractivity contribution in [3.8, 4) is 0 Å². The zero-order valence-corrected chi connectivity index (χ0v) is 15.3. The van der Waals surface area contributed by atoms with Gasteiger partial charge in [0, 0.05) is 43.7 Å². The van der Waals surface area contributed by atoms with Crippen LogP contribution in [0.4, 0.5) is 0 Å². The molecule has 1 saturated heterocycles. The van der Waals surface area contributed by atoms with Gasteiger partial charge in [-0.25, -0.2) is 0 Å². The number of aromatic nitrogens is 3. The molecule has 7 heteroatoms. The minimum atomic E-state index is -0.0709. The van der Waals surface area contributed by atoms with E-state index in [2.05, 4.69) is 26.5 Å². The first kappa shape index (κ1) is 16.3. The van der Waals surface area contributed by atoms with Crippen molar-refractivity contribution in [1.82, 2.24) is 25.0 Å². The van der Waals surface area contributed by atoms with Crippen molar-refractivity contribution >= 4 is 17.5 Å². The predicted octanol–water partition coefficient (Wildman–Crippen LogP) is 2.13. The number of carbonyl (C=O) groups is 1. The number of rotatable bonds is 4. The summed E-state index contributed by atoms with van der Waals surface area (Å²) in [5.74, 6) is 2.50. The van der Waals surface area contributed by atoms with Crippen LogP contribution in [-0.2, 0) is 19.5 Å². The summed E-state index contributed by atoms with van der Waals surface area (Å²) in [4.78, 5) is 14.9. The number of nitrogens with zero attached hydrogens (tertiary/aromatic N) is 4. The van der Waals surface area contributed by atoms with Gasteiger partial charge in [0.1, 0.15) is 5.82 Å². The topological polar surface area (TPSA) is 63.1 Å². The Balaban J connectivity index is 1.28. The lowest BCUT2D eigenvalue weighted by molar-refractivity contribution is 0.0932. The number of amides is 1. The second-order valence-electron chi connectivity index (χ2n) is 7.85. The lowest BCUT2D eigenvalue weighted by atomic mass is 9.89. The normalized spacial score (nSPS) is 25.0. The molecule has 26 heavy (non-hydrogen) atoms. The van der Waals surface area contributed by atoms with Gasteiger partial charge in [-0.15, -0.1) is 10.2 Å². The molecule has 1 saturated carbocycles. The molecule has 1 aromatic heterocycles. The Morgan fingerprint density at radius 2 is 2.04 bits per heavy atom. The van der Waals surface area contributed by atoms with E-state index in [0.717, 1.165) is 56.3 Å². The standard InChI is InChI=1S/C19H22ClN5O/c20-15-3-1-2-12(6-15)8-24-9-13-7-17-22-23-18(19(26)21-16-4-5-16)25(17)11-14(13)10-24/h1-3,6,13-14,16H,4-5,7-11H2,(H,21,26)/t13-,14+/m0/s1. The van der Waals surface area contributed by atoms with Gasteiger partial charge >= 0.3 is 0 Å². The largest absolute Gasteiger partial charge is 0.347 e. The Labute approximate surface area is 157 Å². The Morgan fingerprint density at radius 1 is 1.19 bits per heavy atom. The molecule has 2 atom stereocenters. The lowest BCUT2D eigenvalue weighted by Crippen LogP contribution is -2.33. The molecule has 1 aliphatic carbocycles. The number of nitrogens with one attached hydrogen (secondary N) is 1. The van der Waals surface area contributed by atoms with Crippen LogP contribution in [0.5, 0.6) is 0 Å². The van der Waals surface area contributed by atoms with Crippen LogP contribution >= 0.6 is 11.6 Å². The summed E-state index contributed by atoms with van der Waals surface area (Å²) >= 11 is 6.11. The summed E-state index contributed by atoms with van der Waals surface area (Å²) in [6.07, 6.45) is 3.06. The Morgan fingerprint density at radius 3 is 2.85 bits per heavy atom. The first-order chi connectivity index (χ1) is 12.7. The summed E-state index contributed by atoms with van der Waals surface area (Å²) < 4.78 is 2.04. The molecular formula is C19H22ClN5O. The molecule has 3 heterocycles. The molecule has 0 unspecified atom stereocenters. The fourth-order valence-electron chi connectivity index (χ4n) is 4.29. The Kier molecular flexibility index (Phi) is 3.98. The van der Waals surface area contributed by atoms with E-state index in [4.69, 9.17) is 11.6 Å². The minimum Gasteiger partial charge on any atom is -0.347 e. The molecule has 2 aromatic rings. The van der Waals surface area contributed by atoms with Crippen LogP contribution in [-0.4, -0.2) is 44.7 Å². The van der Waals surface area contributed by atoms with E-state index in [1.165, 1.54) is 5.56 Å². The molecule has 0 radical (unpaired) electrons. The van der Waals surface area contributed by atoms with E-state index in [1.807, 2.05) is 22.8 Å². The van der Waals surface area contributed by atoms with Crippen LogP contribution in [0.3, 0.4) is 0 Å². The molecule has 3 aliphatic rings. The highest BCUT2D eigenvalue weighted by molar-refractivity contribution is 6.30. The number of likely N-dealkylation sites (tertiary alicyclic amines) is 1. The lowest BCUT2D eigenvalue weighted by Gasteiger charge is -2.25. The molecule has 1 aromatic carbocycles. The number of benzene rings is 1. The molecule has 5 rings (SSSR count). The van der Waals surface area contributed by atoms with E-state index in [-0.39, 0.29) is 5.91 Å². The number of hydrogen-bond donors (Lipinski definition) is 1. The summed E-state index contributed by atoms with van der Waals surface area (Å²) in [7, 11) is 0. The smallest absolute Gasteiger partial charge is 0.289 e. The zero-order valence-electron chi connectivity index (χ0n) is 14.6. The highest BCUT2D eigenvalue weighted by Crippen LogP contribution is 2.33. The van der Waals surface area contributed by atoms with Gasteiger partial charge in [0.25, 0.3) is 5.91 Å². The summed E-state index contributed by atoms with van der Waals surface area (Å²) in [5, 5.41) is 12.3. The van der Waals surface area contributed by atoms with Crippen molar-refractivity contribution in [2.75, 3.05) is 13.1 Å². The molecule has 136 valence electrons. The molecule has 6 nitrogen and oxygen atoms in total. The third-order valence-corrected chi connectivity index (χ3v) is 5.99. The van der Waals surface area contributed by atoms with Gasteiger partial charge in [-0.1, -0.05) is 23.7 Å². The van der Waals surface area contributed by atoms with Crippen LogP contribution < -0.4 is 5.32 Å². The maximum Gasteiger partial charge on any atom is 0.289 e. The average molecular weight is 372 g/mol. The SMILES string of the molecule is O=C(NC1CC1)c1nnc2n1C[C@H]1CN(Cc3cccc(Cl)c3)C[C@@H]1C2. The zero-order chi connectivity index (χ0) is 17.7. The summed E-state index contributed by atoms with van der Waals surface area (Å²) in [6.45, 7) is 3.86. The number of fused-ring (bicyclic) bond motifs is 2. The van der Waals surface area contributed by atoms with Gasteiger partial charge in [0.15, 0.2) is 0 Å². The monoisotopic (exact) mass is 371 g/mol. The summed E-state index contributed by atoms with van der Waals surface area (Å²) in [6, 6.07) is 8.43. The fraction of sp³-hybridized carbons (Fsp3) is 0.526. The average Bonchev–Trinajstić information content (AvgIpc) is 3.19. The molecule has 0 spiro atoms. The quantitative estimate of drug-likeness (QED) is 0.894. The van der Waals surface area contributed by atoms with E-state index < -0.39 is 0 Å². The minimum absolute atomic E-state index is 0.0709. The second-order valence-corrected chi connectivity index (χ2v) is 8.28. The molecule has 2 fully saturated rings. The van der Waals surface area contributed by atoms with Gasteiger partial charge in [0.05, 0.1) is 0 Å². The molecule has 2 aliphatic heterocycles. The van der Waals surface area contributed by atoms with E-state index in [0.29, 0.717) is 23.7 Å². The Bertz CT molecular complexity index is 846. The fourth-order valence-corrected chi connectivity index (χ4v) is 4.50. The van der Waals surface area contributed by atoms with Gasteiger partial charge < -0.3 is 9.88 Å². The van der Waals surface area contributed by atoms with Crippen molar-refractivity contribution in [1.29, 1.82) is 0 Å². The molecule has 1 N–H and O–H groups in total.